The summed E-state index contributed by atoms with van der Waals surface area (Å²) in [6, 6.07) is 6.22. The predicted molar refractivity (Wildman–Crippen MR) is 95.3 cm³/mol. The Labute approximate surface area is 145 Å². The van der Waals surface area contributed by atoms with Gasteiger partial charge in [-0.25, -0.2) is 0 Å². The molecule has 5 nitrogen and oxygen atoms in total. The second-order valence-electron chi connectivity index (χ2n) is 6.82. The number of likely N-dealkylation sites (tertiary alicyclic amines) is 1. The fraction of sp³-hybridized carbons (Fsp3) is 0.632. The van der Waals surface area contributed by atoms with Gasteiger partial charge < -0.3 is 14.7 Å². The van der Waals surface area contributed by atoms with Gasteiger partial charge >= 0.3 is 0 Å². The zero-order valence-corrected chi connectivity index (χ0v) is 15.1. The summed E-state index contributed by atoms with van der Waals surface area (Å²) in [6.45, 7) is 7.36. The van der Waals surface area contributed by atoms with E-state index in [-0.39, 0.29) is 12.0 Å². The first-order valence-electron chi connectivity index (χ1n) is 8.80. The Bertz CT molecular complexity index is 539. The summed E-state index contributed by atoms with van der Waals surface area (Å²) >= 11 is 0. The van der Waals surface area contributed by atoms with E-state index in [1.54, 1.807) is 0 Å². The number of amides is 1. The minimum absolute atomic E-state index is 0.153. The van der Waals surface area contributed by atoms with Crippen molar-refractivity contribution in [3.05, 3.63) is 29.3 Å². The minimum atomic E-state index is -0.242. The van der Waals surface area contributed by atoms with Crippen LogP contribution in [0.1, 0.15) is 30.4 Å². The van der Waals surface area contributed by atoms with Gasteiger partial charge in [-0.1, -0.05) is 12.1 Å². The number of aliphatic hydroxyl groups excluding tert-OH is 1. The number of carbonyl (C=O) groups is 1. The summed E-state index contributed by atoms with van der Waals surface area (Å²) in [5.41, 5.74) is 2.35. The van der Waals surface area contributed by atoms with E-state index < -0.39 is 0 Å². The van der Waals surface area contributed by atoms with Crippen LogP contribution >= 0.6 is 0 Å². The number of aliphatic hydroxyl groups is 1. The molecule has 0 aromatic heterocycles. The largest absolute Gasteiger partial charge is 0.493 e. The molecule has 5 heteroatoms. The number of piperidine rings is 1. The SMILES string of the molecule is Cc1ccc(C)c(OCCCN(C)CC(=O)N2CCC(O)CC2)c1. The molecule has 1 N–H and O–H groups in total. The molecule has 1 fully saturated rings. The third kappa shape index (κ3) is 5.80. The summed E-state index contributed by atoms with van der Waals surface area (Å²) in [5.74, 6) is 1.10. The van der Waals surface area contributed by atoms with E-state index in [2.05, 4.69) is 32.0 Å². The standard InChI is InChI=1S/C19H30N2O3/c1-15-5-6-16(2)18(13-15)24-12-4-9-20(3)14-19(23)21-10-7-17(22)8-11-21/h5-6,13,17,22H,4,7-12,14H2,1-3H3. The normalized spacial score (nSPS) is 15.8. The molecule has 134 valence electrons. The maximum Gasteiger partial charge on any atom is 0.236 e. The summed E-state index contributed by atoms with van der Waals surface area (Å²) < 4.78 is 5.85. The van der Waals surface area contributed by atoms with Crippen molar-refractivity contribution < 1.29 is 14.6 Å². The summed E-state index contributed by atoms with van der Waals surface area (Å²) in [6.07, 6.45) is 2.03. The Balaban J connectivity index is 1.65. The molecular weight excluding hydrogens is 304 g/mol. The highest BCUT2D eigenvalue weighted by Crippen LogP contribution is 2.19. The number of carbonyl (C=O) groups excluding carboxylic acids is 1. The molecule has 0 aliphatic carbocycles. The van der Waals surface area contributed by atoms with Crippen LogP contribution in [0.3, 0.4) is 0 Å². The number of ether oxygens (including phenoxy) is 1. The molecule has 1 aliphatic heterocycles. The monoisotopic (exact) mass is 334 g/mol. The van der Waals surface area contributed by atoms with Crippen LogP contribution in [-0.4, -0.2) is 66.8 Å². The van der Waals surface area contributed by atoms with Crippen LogP contribution in [0, 0.1) is 13.8 Å². The molecular formula is C19H30N2O3. The molecule has 0 atom stereocenters. The summed E-state index contributed by atoms with van der Waals surface area (Å²) in [5, 5.41) is 9.50. The van der Waals surface area contributed by atoms with Crippen molar-refractivity contribution in [1.29, 1.82) is 0 Å². The van der Waals surface area contributed by atoms with E-state index in [0.717, 1.165) is 24.3 Å². The summed E-state index contributed by atoms with van der Waals surface area (Å²) in [7, 11) is 1.97. The van der Waals surface area contributed by atoms with Crippen molar-refractivity contribution >= 4 is 5.91 Å². The fourth-order valence-corrected chi connectivity index (χ4v) is 2.90. The average Bonchev–Trinajstić information content (AvgIpc) is 2.55. The number of aryl methyl sites for hydroxylation is 2. The van der Waals surface area contributed by atoms with Gasteiger partial charge in [-0.05, 0) is 57.4 Å². The third-order valence-corrected chi connectivity index (χ3v) is 4.51. The molecule has 0 radical (unpaired) electrons. The molecule has 1 aliphatic rings. The molecule has 0 saturated carbocycles. The fourth-order valence-electron chi connectivity index (χ4n) is 2.90. The van der Waals surface area contributed by atoms with Crippen LogP contribution in [0.4, 0.5) is 0 Å². The van der Waals surface area contributed by atoms with Crippen molar-refractivity contribution in [2.75, 3.05) is 39.8 Å². The van der Waals surface area contributed by atoms with Gasteiger partial charge in [0.05, 0.1) is 19.3 Å². The van der Waals surface area contributed by atoms with Gasteiger partial charge in [-0.15, -0.1) is 0 Å². The van der Waals surface area contributed by atoms with Gasteiger partial charge in [0.2, 0.25) is 5.91 Å². The van der Waals surface area contributed by atoms with Gasteiger partial charge in [0.1, 0.15) is 5.75 Å². The number of likely N-dealkylation sites (N-methyl/N-ethyl adjacent to an activating group) is 1. The molecule has 1 saturated heterocycles. The van der Waals surface area contributed by atoms with E-state index in [4.69, 9.17) is 4.74 Å². The van der Waals surface area contributed by atoms with E-state index in [0.29, 0.717) is 39.1 Å². The number of rotatable bonds is 7. The van der Waals surface area contributed by atoms with E-state index in [1.807, 2.05) is 16.8 Å². The molecule has 24 heavy (non-hydrogen) atoms. The van der Waals surface area contributed by atoms with Crippen molar-refractivity contribution in [2.45, 2.75) is 39.2 Å². The average molecular weight is 334 g/mol. The lowest BCUT2D eigenvalue weighted by molar-refractivity contribution is -0.134. The van der Waals surface area contributed by atoms with E-state index in [1.165, 1.54) is 5.56 Å². The highest BCUT2D eigenvalue weighted by Gasteiger charge is 2.21. The second-order valence-corrected chi connectivity index (χ2v) is 6.82. The van der Waals surface area contributed by atoms with Crippen LogP contribution in [0.2, 0.25) is 0 Å². The lowest BCUT2D eigenvalue weighted by Crippen LogP contribution is -2.44. The molecule has 1 heterocycles. The van der Waals surface area contributed by atoms with Crippen LogP contribution < -0.4 is 4.74 Å². The van der Waals surface area contributed by atoms with Crippen molar-refractivity contribution in [3.63, 3.8) is 0 Å². The Hall–Kier alpha value is -1.59. The Morgan fingerprint density at radius 2 is 2.04 bits per heavy atom. The highest BCUT2D eigenvalue weighted by atomic mass is 16.5. The number of nitrogens with zero attached hydrogens (tertiary/aromatic N) is 2. The lowest BCUT2D eigenvalue weighted by Gasteiger charge is -2.31. The van der Waals surface area contributed by atoms with Gasteiger partial charge in [-0.2, -0.15) is 0 Å². The first-order valence-corrected chi connectivity index (χ1v) is 8.80. The molecule has 1 aromatic carbocycles. The number of hydrogen-bond acceptors (Lipinski definition) is 4. The van der Waals surface area contributed by atoms with Gasteiger partial charge in [0.15, 0.2) is 0 Å². The number of hydrogen-bond donors (Lipinski definition) is 1. The Morgan fingerprint density at radius 3 is 2.75 bits per heavy atom. The number of benzene rings is 1. The zero-order valence-electron chi connectivity index (χ0n) is 15.1. The van der Waals surface area contributed by atoms with E-state index in [9.17, 15) is 9.90 Å². The summed E-state index contributed by atoms with van der Waals surface area (Å²) in [4.78, 5) is 16.1. The molecule has 0 bridgehead atoms. The lowest BCUT2D eigenvalue weighted by atomic mass is 10.1. The second kappa shape index (κ2) is 9.04. The van der Waals surface area contributed by atoms with Crippen LogP contribution in [0.15, 0.2) is 18.2 Å². The van der Waals surface area contributed by atoms with Gasteiger partial charge in [-0.3, -0.25) is 9.69 Å². The van der Waals surface area contributed by atoms with Gasteiger partial charge in [0.25, 0.3) is 0 Å². The first kappa shape index (κ1) is 18.7. The van der Waals surface area contributed by atoms with Crippen molar-refractivity contribution in [2.24, 2.45) is 0 Å². The predicted octanol–water partition coefficient (Wildman–Crippen LogP) is 1.99. The maximum atomic E-state index is 12.2. The molecule has 1 aromatic rings. The van der Waals surface area contributed by atoms with Crippen molar-refractivity contribution in [3.8, 4) is 5.75 Å². The first-order chi connectivity index (χ1) is 11.5. The Kier molecular flexibility index (Phi) is 7.06. The van der Waals surface area contributed by atoms with E-state index >= 15 is 0 Å². The topological polar surface area (TPSA) is 53.0 Å². The van der Waals surface area contributed by atoms with Crippen LogP contribution in [-0.2, 0) is 4.79 Å². The molecule has 1 amide bonds. The Morgan fingerprint density at radius 1 is 1.33 bits per heavy atom. The van der Waals surface area contributed by atoms with Gasteiger partial charge in [0, 0.05) is 19.6 Å². The maximum absolute atomic E-state index is 12.2. The minimum Gasteiger partial charge on any atom is -0.493 e. The highest BCUT2D eigenvalue weighted by molar-refractivity contribution is 5.78. The van der Waals surface area contributed by atoms with Crippen molar-refractivity contribution in [1.82, 2.24) is 9.80 Å². The molecule has 0 unspecified atom stereocenters. The zero-order chi connectivity index (χ0) is 17.5. The molecule has 0 spiro atoms. The van der Waals surface area contributed by atoms with Crippen LogP contribution in [0.25, 0.3) is 0 Å². The smallest absolute Gasteiger partial charge is 0.236 e. The quantitative estimate of drug-likeness (QED) is 0.775. The van der Waals surface area contributed by atoms with Crippen LogP contribution in [0.5, 0.6) is 5.75 Å². The third-order valence-electron chi connectivity index (χ3n) is 4.51. The molecule has 2 rings (SSSR count).